The van der Waals surface area contributed by atoms with Crippen molar-refractivity contribution in [2.24, 2.45) is 0 Å². The van der Waals surface area contributed by atoms with Gasteiger partial charge in [-0.25, -0.2) is 9.97 Å². The number of hydrogen-bond donors (Lipinski definition) is 1. The Morgan fingerprint density at radius 1 is 0.919 bits per heavy atom. The molecule has 1 amide bonds. The number of nitrogens with one attached hydrogen (secondary N) is 1. The predicted octanol–water partition coefficient (Wildman–Crippen LogP) is 6.42. The number of nitrogens with zero attached hydrogens (tertiary/aromatic N) is 4. The molecule has 0 bridgehead atoms. The Morgan fingerprint density at radius 2 is 1.68 bits per heavy atom. The van der Waals surface area contributed by atoms with E-state index >= 15 is 0 Å². The summed E-state index contributed by atoms with van der Waals surface area (Å²) < 4.78 is 41.1. The van der Waals surface area contributed by atoms with Gasteiger partial charge in [-0.05, 0) is 60.7 Å². The van der Waals surface area contributed by atoms with Crippen molar-refractivity contribution in [3.63, 3.8) is 0 Å². The first-order valence-corrected chi connectivity index (χ1v) is 11.4. The van der Waals surface area contributed by atoms with Gasteiger partial charge in [0, 0.05) is 53.9 Å². The minimum atomic E-state index is -4.53. The number of aromatic nitrogens is 3. The number of carbonyl (C=O) groups excluding carboxylic acids is 1. The van der Waals surface area contributed by atoms with Crippen LogP contribution in [-0.2, 0) is 6.18 Å². The number of halogens is 3. The van der Waals surface area contributed by atoms with Gasteiger partial charge in [-0.3, -0.25) is 4.79 Å². The zero-order valence-electron chi connectivity index (χ0n) is 20.0. The average Bonchev–Trinajstić information content (AvgIpc) is 3.33. The lowest BCUT2D eigenvalue weighted by Gasteiger charge is -2.13. The average molecular weight is 502 g/mol. The van der Waals surface area contributed by atoms with Crippen molar-refractivity contribution in [2.75, 3.05) is 24.3 Å². The minimum absolute atomic E-state index is 0.0815. The van der Waals surface area contributed by atoms with Gasteiger partial charge in [-0.15, -0.1) is 0 Å². The highest BCUT2D eigenvalue weighted by molar-refractivity contribution is 6.05. The lowest BCUT2D eigenvalue weighted by molar-refractivity contribution is -0.137. The molecular formula is C28H22F3N5O. The molecule has 0 aliphatic heterocycles. The molecule has 186 valence electrons. The van der Waals surface area contributed by atoms with Gasteiger partial charge in [0.15, 0.2) is 0 Å². The Balaban J connectivity index is 1.44. The number of fused-ring (bicyclic) bond motifs is 1. The summed E-state index contributed by atoms with van der Waals surface area (Å²) in [6, 6.07) is 21.3. The number of benzene rings is 3. The quantitative estimate of drug-likeness (QED) is 0.302. The molecule has 5 rings (SSSR count). The van der Waals surface area contributed by atoms with Crippen LogP contribution in [0.25, 0.3) is 28.0 Å². The molecule has 5 aromatic rings. The van der Waals surface area contributed by atoms with Crippen LogP contribution in [-0.4, -0.2) is 34.5 Å². The van der Waals surface area contributed by atoms with Crippen LogP contribution in [0.5, 0.6) is 0 Å². The van der Waals surface area contributed by atoms with E-state index in [9.17, 15) is 18.0 Å². The van der Waals surface area contributed by atoms with Gasteiger partial charge in [-0.1, -0.05) is 18.2 Å². The molecule has 0 spiro atoms. The van der Waals surface area contributed by atoms with Crippen LogP contribution >= 0.6 is 0 Å². The zero-order chi connectivity index (χ0) is 26.2. The topological polar surface area (TPSA) is 63.0 Å². The van der Waals surface area contributed by atoms with Gasteiger partial charge in [0.25, 0.3) is 5.91 Å². The monoisotopic (exact) mass is 501 g/mol. The van der Waals surface area contributed by atoms with Crippen molar-refractivity contribution in [3.8, 4) is 16.9 Å². The second kappa shape index (κ2) is 9.42. The standard InChI is InChI=1S/C28H22F3N5O/c1-35(2)22-9-11-23(12-10-22)36-14-13-24-25(32-17-33-26(24)36)18-5-4-8-21(16-18)34-27(37)19-6-3-7-20(15-19)28(29,30)31/h3-17H,1-2H3,(H,34,37). The van der Waals surface area contributed by atoms with Crippen LogP contribution in [0.1, 0.15) is 15.9 Å². The Hall–Kier alpha value is -4.66. The molecule has 2 heterocycles. The van der Waals surface area contributed by atoms with Crippen LogP contribution < -0.4 is 10.2 Å². The van der Waals surface area contributed by atoms with Gasteiger partial charge in [-0.2, -0.15) is 13.2 Å². The van der Waals surface area contributed by atoms with Crippen LogP contribution in [0.15, 0.2) is 91.4 Å². The first-order valence-electron chi connectivity index (χ1n) is 11.4. The minimum Gasteiger partial charge on any atom is -0.378 e. The normalized spacial score (nSPS) is 11.5. The first kappa shape index (κ1) is 24.1. The fourth-order valence-electron chi connectivity index (χ4n) is 4.09. The predicted molar refractivity (Wildman–Crippen MR) is 138 cm³/mol. The van der Waals surface area contributed by atoms with E-state index in [0.29, 0.717) is 11.4 Å². The summed E-state index contributed by atoms with van der Waals surface area (Å²) in [7, 11) is 3.96. The van der Waals surface area contributed by atoms with Crippen molar-refractivity contribution in [1.82, 2.24) is 14.5 Å². The number of amides is 1. The number of anilines is 2. The summed E-state index contributed by atoms with van der Waals surface area (Å²) in [5.74, 6) is -0.636. The molecule has 9 heteroatoms. The summed E-state index contributed by atoms with van der Waals surface area (Å²) in [6.07, 6.45) is -1.12. The summed E-state index contributed by atoms with van der Waals surface area (Å²) in [4.78, 5) is 23.6. The molecule has 0 fully saturated rings. The Morgan fingerprint density at radius 3 is 2.41 bits per heavy atom. The third kappa shape index (κ3) is 4.88. The van der Waals surface area contributed by atoms with Gasteiger partial charge >= 0.3 is 6.18 Å². The van der Waals surface area contributed by atoms with Crippen LogP contribution in [0.3, 0.4) is 0 Å². The van der Waals surface area contributed by atoms with E-state index in [1.165, 1.54) is 18.5 Å². The van der Waals surface area contributed by atoms with E-state index in [2.05, 4.69) is 15.3 Å². The van der Waals surface area contributed by atoms with Crippen molar-refractivity contribution in [2.45, 2.75) is 6.18 Å². The summed E-state index contributed by atoms with van der Waals surface area (Å²) in [6.45, 7) is 0. The van der Waals surface area contributed by atoms with Crippen LogP contribution in [0.2, 0.25) is 0 Å². The van der Waals surface area contributed by atoms with Gasteiger partial charge < -0.3 is 14.8 Å². The zero-order valence-corrected chi connectivity index (χ0v) is 20.0. The third-order valence-electron chi connectivity index (χ3n) is 5.97. The molecule has 0 saturated heterocycles. The number of hydrogen-bond acceptors (Lipinski definition) is 4. The highest BCUT2D eigenvalue weighted by Gasteiger charge is 2.30. The van der Waals surface area contributed by atoms with E-state index < -0.39 is 17.6 Å². The molecule has 1 N–H and O–H groups in total. The maximum absolute atomic E-state index is 13.0. The van der Waals surface area contributed by atoms with E-state index in [1.807, 2.05) is 66.2 Å². The summed E-state index contributed by atoms with van der Waals surface area (Å²) in [5.41, 5.74) is 3.64. The molecule has 6 nitrogen and oxygen atoms in total. The Labute approximate surface area is 211 Å². The first-order chi connectivity index (χ1) is 17.7. The molecule has 0 radical (unpaired) electrons. The van der Waals surface area contributed by atoms with E-state index in [1.54, 1.807) is 18.2 Å². The maximum Gasteiger partial charge on any atom is 0.416 e. The molecule has 37 heavy (non-hydrogen) atoms. The lowest BCUT2D eigenvalue weighted by Crippen LogP contribution is -2.14. The molecular weight excluding hydrogens is 479 g/mol. The second-order valence-corrected chi connectivity index (χ2v) is 8.67. The molecule has 0 aliphatic rings. The lowest BCUT2D eigenvalue weighted by atomic mass is 10.1. The summed E-state index contributed by atoms with van der Waals surface area (Å²) in [5, 5.41) is 3.50. The van der Waals surface area contributed by atoms with Crippen LogP contribution in [0, 0.1) is 0 Å². The van der Waals surface area contributed by atoms with Crippen molar-refractivity contribution < 1.29 is 18.0 Å². The van der Waals surface area contributed by atoms with Crippen LogP contribution in [0.4, 0.5) is 24.5 Å². The number of carbonyl (C=O) groups is 1. The molecule has 0 unspecified atom stereocenters. The highest BCUT2D eigenvalue weighted by atomic mass is 19.4. The SMILES string of the molecule is CN(C)c1ccc(-n2ccc3c(-c4cccc(NC(=O)c5cccc(C(F)(F)F)c5)c4)ncnc32)cc1. The Kier molecular flexibility index (Phi) is 6.12. The Bertz CT molecular complexity index is 1590. The van der Waals surface area contributed by atoms with Gasteiger partial charge in [0.05, 0.1) is 11.3 Å². The fraction of sp³-hybridized carbons (Fsp3) is 0.107. The fourth-order valence-corrected chi connectivity index (χ4v) is 4.09. The van der Waals surface area contributed by atoms with E-state index in [0.717, 1.165) is 40.1 Å². The molecule has 2 aromatic heterocycles. The molecule has 3 aromatic carbocycles. The second-order valence-electron chi connectivity index (χ2n) is 8.67. The van der Waals surface area contributed by atoms with Gasteiger partial charge in [0.2, 0.25) is 0 Å². The van der Waals surface area contributed by atoms with Crippen molar-refractivity contribution in [1.29, 1.82) is 0 Å². The smallest absolute Gasteiger partial charge is 0.378 e. The summed E-state index contributed by atoms with van der Waals surface area (Å²) >= 11 is 0. The molecule has 0 saturated carbocycles. The van der Waals surface area contributed by atoms with Crippen molar-refractivity contribution in [3.05, 3.63) is 103 Å². The van der Waals surface area contributed by atoms with Gasteiger partial charge in [0.1, 0.15) is 12.0 Å². The number of rotatable bonds is 5. The number of alkyl halides is 3. The molecule has 0 atom stereocenters. The van der Waals surface area contributed by atoms with Crippen molar-refractivity contribution >= 4 is 28.3 Å². The maximum atomic E-state index is 13.0. The van der Waals surface area contributed by atoms with E-state index in [-0.39, 0.29) is 5.56 Å². The third-order valence-corrected chi connectivity index (χ3v) is 5.97. The molecule has 0 aliphatic carbocycles. The largest absolute Gasteiger partial charge is 0.416 e. The highest BCUT2D eigenvalue weighted by Crippen LogP contribution is 2.31. The van der Waals surface area contributed by atoms with E-state index in [4.69, 9.17) is 0 Å².